The molecular weight excluding hydrogens is 450 g/mol. The number of aryl methyl sites for hydroxylation is 1. The molecule has 0 radical (unpaired) electrons. The summed E-state index contributed by atoms with van der Waals surface area (Å²) < 4.78 is 29.3. The van der Waals surface area contributed by atoms with Crippen molar-refractivity contribution < 1.29 is 28.3 Å². The van der Waals surface area contributed by atoms with Gasteiger partial charge in [0.05, 0.1) is 50.0 Å². The first-order chi connectivity index (χ1) is 15.9. The van der Waals surface area contributed by atoms with Crippen LogP contribution in [0.1, 0.15) is 0 Å². The molecule has 33 heavy (non-hydrogen) atoms. The van der Waals surface area contributed by atoms with Crippen LogP contribution in [-0.2, 0) is 7.05 Å². The van der Waals surface area contributed by atoms with Crippen molar-refractivity contribution in [1.82, 2.24) is 9.78 Å². The summed E-state index contributed by atoms with van der Waals surface area (Å²) in [6.45, 7) is 0. The number of rotatable bonds is 8. The maximum absolute atomic E-state index is 11.8. The van der Waals surface area contributed by atoms with Crippen molar-refractivity contribution >= 4 is 28.4 Å². The molecule has 0 bridgehead atoms. The molecule has 0 aliphatic heterocycles. The van der Waals surface area contributed by atoms with Gasteiger partial charge in [-0.1, -0.05) is 11.8 Å². The molecule has 2 aromatic heterocycles. The summed E-state index contributed by atoms with van der Waals surface area (Å²) in [4.78, 5) is 12.8. The van der Waals surface area contributed by atoms with Gasteiger partial charge in [-0.05, 0) is 24.3 Å². The second-order valence-corrected chi connectivity index (χ2v) is 7.96. The Kier molecular flexibility index (Phi) is 6.05. The number of hydrogen-bond acceptors (Lipinski definition) is 9. The van der Waals surface area contributed by atoms with E-state index in [-0.39, 0.29) is 17.0 Å². The topological polar surface area (TPSA) is 111 Å². The Bertz CT molecular complexity index is 1320. The van der Waals surface area contributed by atoms with E-state index in [2.05, 4.69) is 5.10 Å². The molecule has 2 heterocycles. The van der Waals surface area contributed by atoms with Crippen molar-refractivity contribution in [1.29, 1.82) is 0 Å². The number of nitrogens with zero attached hydrogens (tertiary/aromatic N) is 3. The SMILES string of the molecule is COc1cc(Sc2c(-c3cnn(C)c3)oc3c([N+](=O)[O-])c(OC)ccc23)cc(OC)c1OC. The summed E-state index contributed by atoms with van der Waals surface area (Å²) in [5, 5.41) is 16.6. The van der Waals surface area contributed by atoms with Crippen LogP contribution in [0.5, 0.6) is 23.0 Å². The van der Waals surface area contributed by atoms with E-state index in [0.717, 1.165) is 4.90 Å². The molecule has 0 amide bonds. The largest absolute Gasteiger partial charge is 0.493 e. The standard InChI is InChI=1S/C22H21N3O7S/c1-24-11-12(10-23-24)19-22(14-6-7-15(28-2)18(25(26)27)20(14)32-19)33-13-8-16(29-3)21(31-5)17(9-13)30-4/h6-11H,1-5H3. The highest BCUT2D eigenvalue weighted by atomic mass is 32.2. The minimum atomic E-state index is -0.508. The third kappa shape index (κ3) is 3.91. The minimum Gasteiger partial charge on any atom is -0.493 e. The van der Waals surface area contributed by atoms with Crippen LogP contribution in [0.15, 0.2) is 50.9 Å². The molecule has 0 aliphatic carbocycles. The van der Waals surface area contributed by atoms with Gasteiger partial charge in [0.25, 0.3) is 0 Å². The van der Waals surface area contributed by atoms with Gasteiger partial charge in [-0.25, -0.2) is 0 Å². The number of furan rings is 1. The molecule has 2 aromatic carbocycles. The first-order valence-electron chi connectivity index (χ1n) is 9.66. The fourth-order valence-corrected chi connectivity index (χ4v) is 4.60. The maximum Gasteiger partial charge on any atom is 0.353 e. The van der Waals surface area contributed by atoms with Gasteiger partial charge in [0, 0.05) is 23.5 Å². The van der Waals surface area contributed by atoms with E-state index in [9.17, 15) is 10.1 Å². The van der Waals surface area contributed by atoms with Gasteiger partial charge in [-0.3, -0.25) is 14.8 Å². The molecule has 11 heteroatoms. The van der Waals surface area contributed by atoms with E-state index in [1.807, 2.05) is 0 Å². The summed E-state index contributed by atoms with van der Waals surface area (Å²) in [6, 6.07) is 6.90. The summed E-state index contributed by atoms with van der Waals surface area (Å²) in [5.41, 5.74) is 0.557. The van der Waals surface area contributed by atoms with Crippen LogP contribution in [0.2, 0.25) is 0 Å². The second-order valence-electron chi connectivity index (χ2n) is 6.88. The lowest BCUT2D eigenvalue weighted by molar-refractivity contribution is -0.384. The molecular formula is C22H21N3O7S. The van der Waals surface area contributed by atoms with Gasteiger partial charge in [0.15, 0.2) is 17.3 Å². The average Bonchev–Trinajstić information content (AvgIpc) is 3.40. The third-order valence-electron chi connectivity index (χ3n) is 4.98. The molecule has 4 rings (SSSR count). The highest BCUT2D eigenvalue weighted by Gasteiger charge is 2.29. The molecule has 0 saturated heterocycles. The predicted octanol–water partition coefficient (Wildman–Crippen LogP) is 4.93. The Morgan fingerprint density at radius 1 is 1.03 bits per heavy atom. The molecule has 0 aliphatic rings. The Morgan fingerprint density at radius 2 is 1.70 bits per heavy atom. The molecule has 172 valence electrons. The fourth-order valence-electron chi connectivity index (χ4n) is 3.51. The Labute approximate surface area is 193 Å². The van der Waals surface area contributed by atoms with Gasteiger partial charge in [-0.2, -0.15) is 5.10 Å². The number of ether oxygens (including phenoxy) is 4. The van der Waals surface area contributed by atoms with Gasteiger partial charge in [0.1, 0.15) is 0 Å². The Balaban J connectivity index is 1.97. The highest BCUT2D eigenvalue weighted by Crippen LogP contribution is 2.50. The summed E-state index contributed by atoms with van der Waals surface area (Å²) in [7, 11) is 7.77. The monoisotopic (exact) mass is 471 g/mol. The normalized spacial score (nSPS) is 10.9. The van der Waals surface area contributed by atoms with Crippen LogP contribution in [0.25, 0.3) is 22.3 Å². The van der Waals surface area contributed by atoms with Gasteiger partial charge in [0.2, 0.25) is 17.1 Å². The number of aromatic nitrogens is 2. The van der Waals surface area contributed by atoms with Crippen molar-refractivity contribution in [2.75, 3.05) is 28.4 Å². The van der Waals surface area contributed by atoms with Crippen molar-refractivity contribution in [3.63, 3.8) is 0 Å². The number of nitro groups is 1. The van der Waals surface area contributed by atoms with Crippen molar-refractivity contribution in [3.8, 4) is 34.3 Å². The van der Waals surface area contributed by atoms with Gasteiger partial charge >= 0.3 is 5.69 Å². The smallest absolute Gasteiger partial charge is 0.353 e. The van der Waals surface area contributed by atoms with Crippen LogP contribution in [0.3, 0.4) is 0 Å². The lowest BCUT2D eigenvalue weighted by Gasteiger charge is -2.14. The van der Waals surface area contributed by atoms with Crippen LogP contribution in [0.4, 0.5) is 5.69 Å². The molecule has 0 saturated carbocycles. The molecule has 4 aromatic rings. The first kappa shape index (κ1) is 22.3. The quantitative estimate of drug-likeness (QED) is 0.261. The van der Waals surface area contributed by atoms with E-state index in [4.69, 9.17) is 23.4 Å². The number of hydrogen-bond donors (Lipinski definition) is 0. The Morgan fingerprint density at radius 3 is 2.21 bits per heavy atom. The molecule has 0 unspecified atom stereocenters. The summed E-state index contributed by atoms with van der Waals surface area (Å²) >= 11 is 1.36. The van der Waals surface area contributed by atoms with E-state index in [0.29, 0.717) is 38.9 Å². The van der Waals surface area contributed by atoms with E-state index in [1.165, 1.54) is 40.2 Å². The van der Waals surface area contributed by atoms with Crippen molar-refractivity contribution in [2.45, 2.75) is 9.79 Å². The van der Waals surface area contributed by atoms with E-state index in [1.54, 1.807) is 48.4 Å². The van der Waals surface area contributed by atoms with Crippen molar-refractivity contribution in [3.05, 3.63) is 46.8 Å². The maximum atomic E-state index is 11.8. The summed E-state index contributed by atoms with van der Waals surface area (Å²) in [6.07, 6.45) is 3.42. The molecule has 0 spiro atoms. The number of fused-ring (bicyclic) bond motifs is 1. The zero-order valence-corrected chi connectivity index (χ0v) is 19.4. The lowest BCUT2D eigenvalue weighted by Crippen LogP contribution is -1.95. The predicted molar refractivity (Wildman–Crippen MR) is 122 cm³/mol. The minimum absolute atomic E-state index is 0.114. The fraction of sp³-hybridized carbons (Fsp3) is 0.227. The zero-order chi connectivity index (χ0) is 23.7. The first-order valence-corrected chi connectivity index (χ1v) is 10.5. The second kappa shape index (κ2) is 8.94. The van der Waals surface area contributed by atoms with Crippen LogP contribution in [0, 0.1) is 10.1 Å². The number of nitro benzene ring substituents is 1. The highest BCUT2D eigenvalue weighted by molar-refractivity contribution is 7.99. The molecule has 0 fully saturated rings. The molecule has 0 N–H and O–H groups in total. The Hall–Kier alpha value is -3.86. The average molecular weight is 471 g/mol. The van der Waals surface area contributed by atoms with E-state index < -0.39 is 4.92 Å². The van der Waals surface area contributed by atoms with Crippen LogP contribution < -0.4 is 18.9 Å². The molecule has 0 atom stereocenters. The van der Waals surface area contributed by atoms with E-state index >= 15 is 0 Å². The zero-order valence-electron chi connectivity index (χ0n) is 18.6. The van der Waals surface area contributed by atoms with Crippen molar-refractivity contribution in [2.24, 2.45) is 7.05 Å². The number of benzene rings is 2. The van der Waals surface area contributed by atoms with Crippen LogP contribution >= 0.6 is 11.8 Å². The molecule has 10 nitrogen and oxygen atoms in total. The third-order valence-corrected chi connectivity index (χ3v) is 6.06. The summed E-state index contributed by atoms with van der Waals surface area (Å²) in [5.74, 6) is 2.01. The lowest BCUT2D eigenvalue weighted by atomic mass is 10.2. The number of methoxy groups -OCH3 is 4. The van der Waals surface area contributed by atoms with Gasteiger partial charge in [-0.15, -0.1) is 0 Å². The van der Waals surface area contributed by atoms with Gasteiger partial charge < -0.3 is 23.4 Å². The van der Waals surface area contributed by atoms with Crippen LogP contribution in [-0.4, -0.2) is 43.1 Å².